The molecule has 0 aromatic heterocycles. The highest BCUT2D eigenvalue weighted by molar-refractivity contribution is 8.18. The van der Waals surface area contributed by atoms with Gasteiger partial charge in [-0.15, -0.1) is 0 Å². The van der Waals surface area contributed by atoms with Crippen LogP contribution in [-0.2, 0) is 4.79 Å². The molecule has 0 spiro atoms. The van der Waals surface area contributed by atoms with Crippen molar-refractivity contribution < 1.29 is 14.3 Å². The molecule has 1 heterocycles. The second kappa shape index (κ2) is 9.09. The van der Waals surface area contributed by atoms with Crippen LogP contribution in [0.2, 0.25) is 0 Å². The molecular weight excluding hydrogens is 360 g/mol. The number of nitrogens with zero attached hydrogens (tertiary/aromatic N) is 1. The van der Waals surface area contributed by atoms with E-state index in [-0.39, 0.29) is 5.91 Å². The lowest BCUT2D eigenvalue weighted by molar-refractivity contribution is -0.115. The van der Waals surface area contributed by atoms with Gasteiger partial charge in [-0.3, -0.25) is 4.79 Å². The summed E-state index contributed by atoms with van der Waals surface area (Å²) in [5, 5.41) is 3.35. The lowest BCUT2D eigenvalue weighted by Gasteiger charge is -2.11. The van der Waals surface area contributed by atoms with E-state index in [0.29, 0.717) is 34.8 Å². The molecule has 6 heteroatoms. The van der Waals surface area contributed by atoms with Crippen LogP contribution < -0.4 is 14.8 Å². The van der Waals surface area contributed by atoms with Crippen LogP contribution >= 0.6 is 11.8 Å². The number of benzene rings is 2. The average Bonchev–Trinajstić information content (AvgIpc) is 3.01. The van der Waals surface area contributed by atoms with Crippen molar-refractivity contribution in [2.24, 2.45) is 4.99 Å². The van der Waals surface area contributed by atoms with E-state index in [9.17, 15) is 4.79 Å². The summed E-state index contributed by atoms with van der Waals surface area (Å²) in [6.45, 7) is 6.48. The molecule has 0 unspecified atom stereocenters. The summed E-state index contributed by atoms with van der Waals surface area (Å²) < 4.78 is 11.2. The maximum absolute atomic E-state index is 12.3. The topological polar surface area (TPSA) is 59.9 Å². The van der Waals surface area contributed by atoms with E-state index in [1.807, 2.05) is 61.5 Å². The number of aliphatic imine (C=N–C) groups is 1. The van der Waals surface area contributed by atoms with Crippen LogP contribution in [0.4, 0.5) is 5.69 Å². The van der Waals surface area contributed by atoms with E-state index < -0.39 is 0 Å². The first kappa shape index (κ1) is 18.8. The molecule has 1 fully saturated rings. The predicted octanol–water partition coefficient (Wildman–Crippen LogP) is 4.54. The van der Waals surface area contributed by atoms with Gasteiger partial charge in [0, 0.05) is 0 Å². The minimum absolute atomic E-state index is 0.167. The number of para-hydroxylation sites is 1. The number of carbonyl (C=O) groups excluding carboxylic acids is 1. The van der Waals surface area contributed by atoms with Crippen LogP contribution in [0.25, 0.3) is 6.08 Å². The van der Waals surface area contributed by atoms with E-state index in [0.717, 1.165) is 11.3 Å². The Morgan fingerprint density at radius 3 is 2.70 bits per heavy atom. The van der Waals surface area contributed by atoms with Gasteiger partial charge in [-0.05, 0) is 54.6 Å². The van der Waals surface area contributed by atoms with Crippen LogP contribution in [0.15, 0.2) is 71.1 Å². The van der Waals surface area contributed by atoms with Gasteiger partial charge in [0.05, 0.1) is 17.2 Å². The summed E-state index contributed by atoms with van der Waals surface area (Å²) in [5.41, 5.74) is 1.65. The number of hydrogen-bond acceptors (Lipinski definition) is 5. The minimum atomic E-state index is -0.167. The van der Waals surface area contributed by atoms with Crippen LogP contribution in [0.3, 0.4) is 0 Å². The second-order valence-corrected chi connectivity index (χ2v) is 6.59. The molecule has 1 amide bonds. The van der Waals surface area contributed by atoms with Crippen LogP contribution in [0, 0.1) is 0 Å². The van der Waals surface area contributed by atoms with Crippen molar-refractivity contribution in [3.05, 3.63) is 71.7 Å². The molecule has 1 aliphatic heterocycles. The van der Waals surface area contributed by atoms with Crippen molar-refractivity contribution >= 4 is 34.6 Å². The van der Waals surface area contributed by atoms with Gasteiger partial charge in [0.2, 0.25) is 0 Å². The fourth-order valence-electron chi connectivity index (χ4n) is 2.40. The molecule has 0 radical (unpaired) electrons. The number of amides is 1. The van der Waals surface area contributed by atoms with Crippen molar-refractivity contribution in [3.8, 4) is 11.5 Å². The summed E-state index contributed by atoms with van der Waals surface area (Å²) in [7, 11) is 0. The highest BCUT2D eigenvalue weighted by atomic mass is 32.2. The predicted molar refractivity (Wildman–Crippen MR) is 111 cm³/mol. The quantitative estimate of drug-likeness (QED) is 0.566. The summed E-state index contributed by atoms with van der Waals surface area (Å²) in [4.78, 5) is 17.3. The lowest BCUT2D eigenvalue weighted by Crippen LogP contribution is -2.19. The monoisotopic (exact) mass is 380 g/mol. The summed E-state index contributed by atoms with van der Waals surface area (Å²) >= 11 is 1.31. The van der Waals surface area contributed by atoms with Crippen molar-refractivity contribution in [2.45, 2.75) is 6.92 Å². The third-order valence-corrected chi connectivity index (χ3v) is 4.47. The number of amidine groups is 1. The summed E-state index contributed by atoms with van der Waals surface area (Å²) in [6.07, 6.45) is 3.49. The molecule has 1 saturated heterocycles. The molecule has 5 nitrogen and oxygen atoms in total. The van der Waals surface area contributed by atoms with Gasteiger partial charge in [0.25, 0.3) is 5.91 Å². The standard InChI is InChI=1S/C21H20N2O3S/c1-3-12-26-17-11-10-15(13-18(17)25-4-2)14-19-20(24)23-21(27-19)22-16-8-6-5-7-9-16/h3,5-11,13-14H,1,4,12H2,2H3,(H,22,23,24)/b19-14+. The fourth-order valence-corrected chi connectivity index (χ4v) is 3.24. The molecule has 3 rings (SSSR count). The van der Waals surface area contributed by atoms with Gasteiger partial charge in [-0.2, -0.15) is 0 Å². The number of thioether (sulfide) groups is 1. The number of carbonyl (C=O) groups is 1. The summed E-state index contributed by atoms with van der Waals surface area (Å²) in [6, 6.07) is 15.1. The van der Waals surface area contributed by atoms with Crippen molar-refractivity contribution in [1.82, 2.24) is 5.32 Å². The zero-order valence-electron chi connectivity index (χ0n) is 15.0. The number of hydrogen-bond donors (Lipinski definition) is 1. The first-order chi connectivity index (χ1) is 13.2. The number of ether oxygens (including phenoxy) is 2. The van der Waals surface area contributed by atoms with E-state index in [4.69, 9.17) is 9.47 Å². The molecule has 2 aromatic rings. The van der Waals surface area contributed by atoms with E-state index in [1.54, 1.807) is 6.08 Å². The molecule has 138 valence electrons. The Morgan fingerprint density at radius 1 is 1.15 bits per heavy atom. The largest absolute Gasteiger partial charge is 0.490 e. The number of rotatable bonds is 7. The molecule has 0 aliphatic carbocycles. The lowest BCUT2D eigenvalue weighted by atomic mass is 10.2. The highest BCUT2D eigenvalue weighted by Gasteiger charge is 2.24. The summed E-state index contributed by atoms with van der Waals surface area (Å²) in [5.74, 6) is 1.11. The normalized spacial score (nSPS) is 16.4. The van der Waals surface area contributed by atoms with Gasteiger partial charge in [0.1, 0.15) is 6.61 Å². The second-order valence-electron chi connectivity index (χ2n) is 5.56. The zero-order chi connectivity index (χ0) is 19.1. The third-order valence-electron chi connectivity index (χ3n) is 3.56. The van der Waals surface area contributed by atoms with E-state index >= 15 is 0 Å². The van der Waals surface area contributed by atoms with Crippen molar-refractivity contribution in [3.63, 3.8) is 0 Å². The molecule has 0 atom stereocenters. The Bertz CT molecular complexity index is 892. The zero-order valence-corrected chi connectivity index (χ0v) is 15.8. The first-order valence-electron chi connectivity index (χ1n) is 8.54. The maximum Gasteiger partial charge on any atom is 0.264 e. The molecule has 27 heavy (non-hydrogen) atoms. The fraction of sp³-hybridized carbons (Fsp3) is 0.143. The smallest absolute Gasteiger partial charge is 0.264 e. The highest BCUT2D eigenvalue weighted by Crippen LogP contribution is 2.32. The van der Waals surface area contributed by atoms with Gasteiger partial charge >= 0.3 is 0 Å². The molecule has 0 saturated carbocycles. The first-order valence-corrected chi connectivity index (χ1v) is 9.36. The van der Waals surface area contributed by atoms with Crippen molar-refractivity contribution in [2.75, 3.05) is 13.2 Å². The Morgan fingerprint density at radius 2 is 1.96 bits per heavy atom. The Balaban J connectivity index is 1.81. The maximum atomic E-state index is 12.3. The third kappa shape index (κ3) is 5.01. The van der Waals surface area contributed by atoms with Gasteiger partial charge in [-0.1, -0.05) is 36.9 Å². The van der Waals surface area contributed by atoms with Crippen LogP contribution in [0.5, 0.6) is 11.5 Å². The van der Waals surface area contributed by atoms with E-state index in [2.05, 4.69) is 16.9 Å². The van der Waals surface area contributed by atoms with Gasteiger partial charge in [0.15, 0.2) is 16.7 Å². The minimum Gasteiger partial charge on any atom is -0.490 e. The molecule has 0 bridgehead atoms. The van der Waals surface area contributed by atoms with Crippen molar-refractivity contribution in [1.29, 1.82) is 0 Å². The molecule has 1 N–H and O–H groups in total. The van der Waals surface area contributed by atoms with Gasteiger partial charge < -0.3 is 14.8 Å². The van der Waals surface area contributed by atoms with Crippen LogP contribution in [0.1, 0.15) is 12.5 Å². The molecule has 2 aromatic carbocycles. The number of nitrogens with one attached hydrogen (secondary N) is 1. The molecular formula is C21H20N2O3S. The Hall–Kier alpha value is -2.99. The Labute approximate surface area is 162 Å². The SMILES string of the molecule is C=CCOc1ccc(/C=C2/SC(=Nc3ccccc3)NC2=O)cc1OCC. The molecule has 1 aliphatic rings. The average molecular weight is 380 g/mol. The Kier molecular flexibility index (Phi) is 6.33. The van der Waals surface area contributed by atoms with E-state index in [1.165, 1.54) is 11.8 Å². The van der Waals surface area contributed by atoms with Gasteiger partial charge in [-0.25, -0.2) is 4.99 Å². The van der Waals surface area contributed by atoms with Crippen LogP contribution in [-0.4, -0.2) is 24.3 Å².